The first-order chi connectivity index (χ1) is 7.33. The molecule has 1 aliphatic rings. The Hall–Kier alpha value is -0.760. The minimum Gasteiger partial charge on any atom is -0.347 e. The normalized spacial score (nSPS) is 16.1. The molecule has 0 bridgehead atoms. The summed E-state index contributed by atoms with van der Waals surface area (Å²) in [4.78, 5) is 0. The Morgan fingerprint density at radius 3 is 2.93 bits per heavy atom. The molecule has 0 N–H and O–H groups in total. The van der Waals surface area contributed by atoms with Gasteiger partial charge in [0.15, 0.2) is 0 Å². The van der Waals surface area contributed by atoms with Crippen LogP contribution in [0.1, 0.15) is 19.3 Å². The Kier molecular flexibility index (Phi) is 2.32. The molecule has 3 rings (SSSR count). The lowest BCUT2D eigenvalue weighted by Gasteiger charge is -2.04. The quantitative estimate of drug-likeness (QED) is 0.782. The summed E-state index contributed by atoms with van der Waals surface area (Å²) < 4.78 is 3.54. The van der Waals surface area contributed by atoms with Crippen LogP contribution in [0.4, 0.5) is 0 Å². The van der Waals surface area contributed by atoms with E-state index in [1.807, 2.05) is 0 Å². The number of aromatic nitrogens is 1. The average Bonchev–Trinajstić information content (AvgIpc) is 2.97. The fraction of sp³-hybridized carbons (Fsp3) is 0.385. The lowest BCUT2D eigenvalue weighted by atomic mass is 10.2. The Labute approximate surface area is 98.2 Å². The van der Waals surface area contributed by atoms with E-state index in [-0.39, 0.29) is 0 Å². The summed E-state index contributed by atoms with van der Waals surface area (Å²) in [6, 6.07) is 8.69. The van der Waals surface area contributed by atoms with Crippen molar-refractivity contribution in [1.29, 1.82) is 0 Å². The summed E-state index contributed by atoms with van der Waals surface area (Å²) in [5.74, 6) is 1.01. The van der Waals surface area contributed by atoms with Gasteiger partial charge >= 0.3 is 0 Å². The number of hydrogen-bond acceptors (Lipinski definition) is 0. The molecule has 1 fully saturated rings. The summed E-state index contributed by atoms with van der Waals surface area (Å²) in [5.41, 5.74) is 1.35. The molecule has 0 radical (unpaired) electrons. The second kappa shape index (κ2) is 3.67. The number of hydrogen-bond donors (Lipinski definition) is 0. The molecule has 1 aromatic heterocycles. The summed E-state index contributed by atoms with van der Waals surface area (Å²) in [7, 11) is 0. The van der Waals surface area contributed by atoms with E-state index in [4.69, 9.17) is 0 Å². The van der Waals surface area contributed by atoms with Crippen molar-refractivity contribution in [3.63, 3.8) is 0 Å². The number of halogens is 1. The zero-order valence-electron chi connectivity index (χ0n) is 8.62. The predicted molar refractivity (Wildman–Crippen MR) is 67.0 cm³/mol. The van der Waals surface area contributed by atoms with Gasteiger partial charge in [-0.25, -0.2) is 0 Å². The molecule has 15 heavy (non-hydrogen) atoms. The van der Waals surface area contributed by atoms with Crippen LogP contribution >= 0.6 is 15.9 Å². The highest BCUT2D eigenvalue weighted by Gasteiger charge is 2.20. The summed E-state index contributed by atoms with van der Waals surface area (Å²) in [6.45, 7) is 1.17. The van der Waals surface area contributed by atoms with Crippen LogP contribution in [-0.2, 0) is 6.54 Å². The molecule has 78 valence electrons. The third-order valence-corrected chi connectivity index (χ3v) is 3.70. The van der Waals surface area contributed by atoms with Crippen molar-refractivity contribution in [3.05, 3.63) is 34.9 Å². The molecule has 1 aliphatic carbocycles. The number of fused-ring (bicyclic) bond motifs is 1. The first kappa shape index (κ1) is 9.46. The molecule has 1 aromatic carbocycles. The summed E-state index contributed by atoms with van der Waals surface area (Å²) in [5, 5.41) is 1.34. The van der Waals surface area contributed by atoms with Crippen LogP contribution < -0.4 is 0 Å². The van der Waals surface area contributed by atoms with Crippen molar-refractivity contribution in [3.8, 4) is 0 Å². The van der Waals surface area contributed by atoms with Crippen LogP contribution in [0.5, 0.6) is 0 Å². The fourth-order valence-electron chi connectivity index (χ4n) is 2.08. The van der Waals surface area contributed by atoms with Crippen molar-refractivity contribution in [2.24, 2.45) is 5.92 Å². The number of rotatable bonds is 3. The largest absolute Gasteiger partial charge is 0.347 e. The number of aryl methyl sites for hydroxylation is 1. The SMILES string of the molecule is Brc1ccc2ccn(CCC3CC3)c2c1. The van der Waals surface area contributed by atoms with Gasteiger partial charge in [-0.15, -0.1) is 0 Å². The minimum absolute atomic E-state index is 1.01. The smallest absolute Gasteiger partial charge is 0.0491 e. The van der Waals surface area contributed by atoms with E-state index in [0.29, 0.717) is 0 Å². The van der Waals surface area contributed by atoms with E-state index in [1.54, 1.807) is 0 Å². The van der Waals surface area contributed by atoms with Gasteiger partial charge < -0.3 is 4.57 Å². The van der Waals surface area contributed by atoms with Gasteiger partial charge in [0, 0.05) is 22.7 Å². The van der Waals surface area contributed by atoms with E-state index in [9.17, 15) is 0 Å². The summed E-state index contributed by atoms with van der Waals surface area (Å²) in [6.07, 6.45) is 6.45. The number of nitrogens with zero attached hydrogens (tertiary/aromatic N) is 1. The van der Waals surface area contributed by atoms with Gasteiger partial charge in [0.2, 0.25) is 0 Å². The number of benzene rings is 1. The molecule has 1 heterocycles. The highest BCUT2D eigenvalue weighted by Crippen LogP contribution is 2.33. The Balaban J connectivity index is 1.91. The third-order valence-electron chi connectivity index (χ3n) is 3.21. The van der Waals surface area contributed by atoms with Gasteiger partial charge in [0.25, 0.3) is 0 Å². The van der Waals surface area contributed by atoms with Crippen molar-refractivity contribution in [2.75, 3.05) is 0 Å². The standard InChI is InChI=1S/C13H14BrN/c14-12-4-3-11-6-8-15(13(11)9-12)7-5-10-1-2-10/h3-4,6,8-10H,1-2,5,7H2. The lowest BCUT2D eigenvalue weighted by Crippen LogP contribution is -1.96. The Bertz CT molecular complexity index is 482. The van der Waals surface area contributed by atoms with E-state index in [0.717, 1.165) is 5.92 Å². The van der Waals surface area contributed by atoms with Gasteiger partial charge in [-0.3, -0.25) is 0 Å². The lowest BCUT2D eigenvalue weighted by molar-refractivity contribution is 0.611. The summed E-state index contributed by atoms with van der Waals surface area (Å²) >= 11 is 3.53. The topological polar surface area (TPSA) is 4.93 Å². The van der Waals surface area contributed by atoms with E-state index in [1.165, 1.54) is 41.2 Å². The molecule has 0 atom stereocenters. The average molecular weight is 264 g/mol. The fourth-order valence-corrected chi connectivity index (χ4v) is 2.43. The Morgan fingerprint density at radius 2 is 2.13 bits per heavy atom. The Morgan fingerprint density at radius 1 is 1.27 bits per heavy atom. The van der Waals surface area contributed by atoms with Crippen molar-refractivity contribution in [1.82, 2.24) is 4.57 Å². The van der Waals surface area contributed by atoms with Gasteiger partial charge in [-0.2, -0.15) is 0 Å². The van der Waals surface area contributed by atoms with Gasteiger partial charge in [-0.1, -0.05) is 34.8 Å². The molecule has 2 heteroatoms. The van der Waals surface area contributed by atoms with Crippen LogP contribution in [-0.4, -0.2) is 4.57 Å². The maximum absolute atomic E-state index is 3.53. The second-order valence-electron chi connectivity index (χ2n) is 4.44. The van der Waals surface area contributed by atoms with Crippen LogP contribution in [0, 0.1) is 5.92 Å². The first-order valence-corrected chi connectivity index (χ1v) is 6.36. The van der Waals surface area contributed by atoms with Gasteiger partial charge in [-0.05, 0) is 35.9 Å². The molecular weight excluding hydrogens is 250 g/mol. The van der Waals surface area contributed by atoms with Crippen LogP contribution in [0.2, 0.25) is 0 Å². The van der Waals surface area contributed by atoms with Gasteiger partial charge in [0.05, 0.1) is 0 Å². The first-order valence-electron chi connectivity index (χ1n) is 5.57. The van der Waals surface area contributed by atoms with Crippen molar-refractivity contribution >= 4 is 26.8 Å². The maximum Gasteiger partial charge on any atom is 0.0491 e. The van der Waals surface area contributed by atoms with Gasteiger partial charge in [0.1, 0.15) is 0 Å². The minimum atomic E-state index is 1.01. The monoisotopic (exact) mass is 263 g/mol. The molecule has 0 aliphatic heterocycles. The molecule has 0 amide bonds. The van der Waals surface area contributed by atoms with Crippen molar-refractivity contribution < 1.29 is 0 Å². The predicted octanol–water partition coefficient (Wildman–Crippen LogP) is 4.20. The zero-order valence-corrected chi connectivity index (χ0v) is 10.2. The third kappa shape index (κ3) is 1.96. The molecular formula is C13H14BrN. The second-order valence-corrected chi connectivity index (χ2v) is 5.36. The van der Waals surface area contributed by atoms with Crippen LogP contribution in [0.15, 0.2) is 34.9 Å². The van der Waals surface area contributed by atoms with E-state index in [2.05, 4.69) is 51.0 Å². The molecule has 1 saturated carbocycles. The van der Waals surface area contributed by atoms with E-state index >= 15 is 0 Å². The van der Waals surface area contributed by atoms with E-state index < -0.39 is 0 Å². The molecule has 0 spiro atoms. The molecule has 0 unspecified atom stereocenters. The van der Waals surface area contributed by atoms with Crippen molar-refractivity contribution in [2.45, 2.75) is 25.8 Å². The molecule has 0 saturated heterocycles. The highest BCUT2D eigenvalue weighted by atomic mass is 79.9. The van der Waals surface area contributed by atoms with Crippen LogP contribution in [0.25, 0.3) is 10.9 Å². The molecule has 2 aromatic rings. The highest BCUT2D eigenvalue weighted by molar-refractivity contribution is 9.10. The van der Waals surface area contributed by atoms with Crippen LogP contribution in [0.3, 0.4) is 0 Å². The maximum atomic E-state index is 3.53. The molecule has 1 nitrogen and oxygen atoms in total. The zero-order chi connectivity index (χ0) is 10.3.